The maximum Gasteiger partial charge on any atom is 0.234 e. The Morgan fingerprint density at radius 3 is 2.31 bits per heavy atom. The van der Waals surface area contributed by atoms with Gasteiger partial charge in [-0.2, -0.15) is 0 Å². The molecule has 0 unspecified atom stereocenters. The van der Waals surface area contributed by atoms with Crippen LogP contribution in [-0.4, -0.2) is 62.0 Å². The number of nitrogens with zero attached hydrogens (tertiary/aromatic N) is 1. The molecule has 0 atom stereocenters. The number of hydrogen-bond acceptors (Lipinski definition) is 4. The molecule has 2 aliphatic heterocycles. The van der Waals surface area contributed by atoms with Crippen LogP contribution in [0.2, 0.25) is 0 Å². The summed E-state index contributed by atoms with van der Waals surface area (Å²) >= 11 is 0. The normalized spacial score (nSPS) is 19.1. The molecule has 3 N–H and O–H groups in total. The summed E-state index contributed by atoms with van der Waals surface area (Å²) in [4.78, 5) is 26.0. The van der Waals surface area contributed by atoms with Crippen LogP contribution in [0.15, 0.2) is 0 Å². The summed E-state index contributed by atoms with van der Waals surface area (Å²) < 4.78 is 0. The van der Waals surface area contributed by atoms with Crippen molar-refractivity contribution < 1.29 is 9.59 Å². The van der Waals surface area contributed by atoms with Gasteiger partial charge in [0.2, 0.25) is 11.8 Å². The zero-order chi connectivity index (χ0) is 17.2. The standard InChI is InChI=1S/C18H34N4O2.2ClH/c1-2-9-20-18(24)14-22-12-7-16(8-13-22)21-17(23)4-3-15-5-10-19-11-6-15;;/h15-16,19H,2-14H2,1H3,(H,20,24)(H,21,23);2*1H. The fraction of sp³-hybridized carbons (Fsp3) is 0.889. The smallest absolute Gasteiger partial charge is 0.234 e. The number of amides is 2. The van der Waals surface area contributed by atoms with Crippen molar-refractivity contribution >= 4 is 36.6 Å². The van der Waals surface area contributed by atoms with Gasteiger partial charge in [0.25, 0.3) is 0 Å². The first-order valence-electron chi connectivity index (χ1n) is 9.66. The van der Waals surface area contributed by atoms with Gasteiger partial charge >= 0.3 is 0 Å². The van der Waals surface area contributed by atoms with Gasteiger partial charge in [-0.25, -0.2) is 0 Å². The second-order valence-corrected chi connectivity index (χ2v) is 7.20. The average Bonchev–Trinajstić information content (AvgIpc) is 2.61. The van der Waals surface area contributed by atoms with Gasteiger partial charge in [-0.1, -0.05) is 6.92 Å². The maximum absolute atomic E-state index is 12.1. The minimum Gasteiger partial charge on any atom is -0.355 e. The van der Waals surface area contributed by atoms with E-state index in [0.29, 0.717) is 18.9 Å². The summed E-state index contributed by atoms with van der Waals surface area (Å²) in [5.74, 6) is 1.02. The topological polar surface area (TPSA) is 73.5 Å². The molecule has 2 amide bonds. The highest BCUT2D eigenvalue weighted by Crippen LogP contribution is 2.18. The fourth-order valence-corrected chi connectivity index (χ4v) is 3.56. The third-order valence-corrected chi connectivity index (χ3v) is 5.13. The summed E-state index contributed by atoms with van der Waals surface area (Å²) in [5, 5.41) is 9.46. The third-order valence-electron chi connectivity index (χ3n) is 5.13. The molecule has 0 bridgehead atoms. The molecule has 0 aromatic carbocycles. The van der Waals surface area contributed by atoms with Crippen molar-refractivity contribution in [2.24, 2.45) is 5.92 Å². The van der Waals surface area contributed by atoms with Crippen LogP contribution in [-0.2, 0) is 9.59 Å². The molecule has 0 aromatic heterocycles. The zero-order valence-corrected chi connectivity index (χ0v) is 17.6. The number of carbonyl (C=O) groups excluding carboxylic acids is 2. The minimum absolute atomic E-state index is 0. The van der Waals surface area contributed by atoms with E-state index >= 15 is 0 Å². The van der Waals surface area contributed by atoms with E-state index in [1.807, 2.05) is 0 Å². The van der Waals surface area contributed by atoms with Crippen LogP contribution in [0.25, 0.3) is 0 Å². The van der Waals surface area contributed by atoms with E-state index in [-0.39, 0.29) is 42.7 Å². The summed E-state index contributed by atoms with van der Waals surface area (Å²) in [7, 11) is 0. The fourth-order valence-electron chi connectivity index (χ4n) is 3.56. The van der Waals surface area contributed by atoms with Gasteiger partial charge in [-0.3, -0.25) is 14.5 Å². The Balaban J connectivity index is 0.00000312. The number of likely N-dealkylation sites (tertiary alicyclic amines) is 1. The van der Waals surface area contributed by atoms with Crippen molar-refractivity contribution in [3.63, 3.8) is 0 Å². The molecular formula is C18H36Cl2N4O2. The number of hydrogen-bond donors (Lipinski definition) is 3. The summed E-state index contributed by atoms with van der Waals surface area (Å²) in [6.07, 6.45) is 6.93. The Morgan fingerprint density at radius 1 is 1.04 bits per heavy atom. The third kappa shape index (κ3) is 9.95. The summed E-state index contributed by atoms with van der Waals surface area (Å²) in [5.41, 5.74) is 0. The minimum atomic E-state index is 0. The van der Waals surface area contributed by atoms with E-state index in [1.54, 1.807) is 0 Å². The first kappa shape index (κ1) is 25.4. The van der Waals surface area contributed by atoms with Gasteiger partial charge in [0.1, 0.15) is 0 Å². The maximum atomic E-state index is 12.1. The molecule has 2 saturated heterocycles. The lowest BCUT2D eigenvalue weighted by molar-refractivity contribution is -0.124. The molecule has 0 radical (unpaired) electrons. The van der Waals surface area contributed by atoms with Crippen molar-refractivity contribution in [1.29, 1.82) is 0 Å². The number of nitrogens with one attached hydrogen (secondary N) is 3. The summed E-state index contributed by atoms with van der Waals surface area (Å²) in [6.45, 7) is 7.25. The largest absolute Gasteiger partial charge is 0.355 e. The first-order chi connectivity index (χ1) is 11.7. The van der Waals surface area contributed by atoms with Crippen LogP contribution in [0.4, 0.5) is 0 Å². The molecule has 0 spiro atoms. The monoisotopic (exact) mass is 410 g/mol. The predicted molar refractivity (Wildman–Crippen MR) is 110 cm³/mol. The van der Waals surface area contributed by atoms with Crippen molar-refractivity contribution in [2.45, 2.75) is 57.9 Å². The van der Waals surface area contributed by atoms with E-state index in [4.69, 9.17) is 0 Å². The lowest BCUT2D eigenvalue weighted by Crippen LogP contribution is -2.47. The van der Waals surface area contributed by atoms with Crippen LogP contribution in [0, 0.1) is 5.92 Å². The van der Waals surface area contributed by atoms with E-state index in [0.717, 1.165) is 58.4 Å². The molecule has 0 aliphatic carbocycles. The Bertz CT molecular complexity index is 399. The molecule has 2 aliphatic rings. The quantitative estimate of drug-likeness (QED) is 0.569. The van der Waals surface area contributed by atoms with Crippen LogP contribution in [0.1, 0.15) is 51.9 Å². The molecular weight excluding hydrogens is 375 g/mol. The predicted octanol–water partition coefficient (Wildman–Crippen LogP) is 1.72. The molecule has 2 fully saturated rings. The van der Waals surface area contributed by atoms with E-state index in [1.165, 1.54) is 12.8 Å². The number of carbonyl (C=O) groups is 2. The lowest BCUT2D eigenvalue weighted by Gasteiger charge is -2.32. The SMILES string of the molecule is CCCNC(=O)CN1CCC(NC(=O)CCC2CCNCC2)CC1.Cl.Cl. The number of halogens is 2. The molecule has 6 nitrogen and oxygen atoms in total. The van der Waals surface area contributed by atoms with Crippen molar-refractivity contribution in [1.82, 2.24) is 20.9 Å². The van der Waals surface area contributed by atoms with Gasteiger partial charge in [-0.15, -0.1) is 24.8 Å². The van der Waals surface area contributed by atoms with Gasteiger partial charge in [0.05, 0.1) is 6.54 Å². The summed E-state index contributed by atoms with van der Waals surface area (Å²) in [6, 6.07) is 0.278. The number of piperidine rings is 2. The van der Waals surface area contributed by atoms with Gasteiger partial charge in [-0.05, 0) is 57.5 Å². The van der Waals surface area contributed by atoms with Crippen LogP contribution in [0.3, 0.4) is 0 Å². The zero-order valence-electron chi connectivity index (χ0n) is 15.9. The van der Waals surface area contributed by atoms with Crippen LogP contribution in [0.5, 0.6) is 0 Å². The van der Waals surface area contributed by atoms with E-state index in [2.05, 4.69) is 27.8 Å². The average molecular weight is 411 g/mol. The van der Waals surface area contributed by atoms with Gasteiger partial charge in [0, 0.05) is 32.1 Å². The second kappa shape index (κ2) is 14.5. The van der Waals surface area contributed by atoms with E-state index < -0.39 is 0 Å². The molecule has 154 valence electrons. The molecule has 8 heteroatoms. The Hall–Kier alpha value is -0.560. The van der Waals surface area contributed by atoms with Gasteiger partial charge < -0.3 is 16.0 Å². The van der Waals surface area contributed by atoms with E-state index in [9.17, 15) is 9.59 Å². The highest BCUT2D eigenvalue weighted by atomic mass is 35.5. The van der Waals surface area contributed by atoms with Crippen molar-refractivity contribution in [3.05, 3.63) is 0 Å². The molecule has 26 heavy (non-hydrogen) atoms. The van der Waals surface area contributed by atoms with Crippen molar-refractivity contribution in [2.75, 3.05) is 39.3 Å². The number of rotatable bonds is 8. The van der Waals surface area contributed by atoms with Crippen LogP contribution < -0.4 is 16.0 Å². The second-order valence-electron chi connectivity index (χ2n) is 7.20. The van der Waals surface area contributed by atoms with Gasteiger partial charge in [0.15, 0.2) is 0 Å². The van der Waals surface area contributed by atoms with Crippen molar-refractivity contribution in [3.8, 4) is 0 Å². The first-order valence-corrected chi connectivity index (χ1v) is 9.66. The highest BCUT2D eigenvalue weighted by molar-refractivity contribution is 5.85. The molecule has 0 aromatic rings. The molecule has 0 saturated carbocycles. The highest BCUT2D eigenvalue weighted by Gasteiger charge is 2.22. The Morgan fingerprint density at radius 2 is 1.69 bits per heavy atom. The molecule has 2 rings (SSSR count). The van der Waals surface area contributed by atoms with Crippen LogP contribution >= 0.6 is 24.8 Å². The Labute approximate surface area is 170 Å². The molecule has 2 heterocycles. The Kier molecular flexibility index (Phi) is 14.2. The lowest BCUT2D eigenvalue weighted by atomic mass is 9.93.